The van der Waals surface area contributed by atoms with Gasteiger partial charge < -0.3 is 10.5 Å². The second kappa shape index (κ2) is 3.80. The standard InChI is InChI=1S/C10H12N2O3S/c1-16(13,14)12-9-4-5-15-10-3-2-7(11)6-8(9)10/h2-6,9,12H,11H2,1H3. The third-order valence-corrected chi connectivity index (χ3v) is 2.86. The summed E-state index contributed by atoms with van der Waals surface area (Å²) in [5.41, 5.74) is 6.93. The van der Waals surface area contributed by atoms with Crippen LogP contribution in [0.3, 0.4) is 0 Å². The van der Waals surface area contributed by atoms with Gasteiger partial charge in [-0.3, -0.25) is 0 Å². The molecule has 5 nitrogen and oxygen atoms in total. The molecule has 1 heterocycles. The molecule has 86 valence electrons. The van der Waals surface area contributed by atoms with Gasteiger partial charge in [-0.25, -0.2) is 13.1 Å². The Morgan fingerprint density at radius 3 is 2.88 bits per heavy atom. The highest BCUT2D eigenvalue weighted by Crippen LogP contribution is 2.31. The number of nitrogens with one attached hydrogen (secondary N) is 1. The number of hydrogen-bond acceptors (Lipinski definition) is 4. The molecule has 0 fully saturated rings. The van der Waals surface area contributed by atoms with Crippen molar-refractivity contribution in [1.82, 2.24) is 4.72 Å². The summed E-state index contributed by atoms with van der Waals surface area (Å²) in [6.45, 7) is 0. The summed E-state index contributed by atoms with van der Waals surface area (Å²) in [7, 11) is -3.28. The van der Waals surface area contributed by atoms with Crippen molar-refractivity contribution in [1.29, 1.82) is 0 Å². The molecular weight excluding hydrogens is 228 g/mol. The van der Waals surface area contributed by atoms with Crippen LogP contribution in [0.4, 0.5) is 5.69 Å². The molecule has 1 aromatic carbocycles. The Bertz CT molecular complexity index is 537. The van der Waals surface area contributed by atoms with E-state index in [0.717, 1.165) is 6.26 Å². The minimum absolute atomic E-state index is 0.428. The Balaban J connectivity index is 2.39. The van der Waals surface area contributed by atoms with Crippen LogP contribution in [0.1, 0.15) is 11.6 Å². The minimum Gasteiger partial charge on any atom is -0.465 e. The maximum Gasteiger partial charge on any atom is 0.209 e. The summed E-state index contributed by atoms with van der Waals surface area (Å²) >= 11 is 0. The molecule has 2 rings (SSSR count). The van der Waals surface area contributed by atoms with Gasteiger partial charge in [-0.15, -0.1) is 0 Å². The second-order valence-corrected chi connectivity index (χ2v) is 5.39. The monoisotopic (exact) mass is 240 g/mol. The Hall–Kier alpha value is -1.53. The first kappa shape index (κ1) is 11.0. The largest absolute Gasteiger partial charge is 0.465 e. The summed E-state index contributed by atoms with van der Waals surface area (Å²) in [6.07, 6.45) is 4.20. The third kappa shape index (κ3) is 2.34. The van der Waals surface area contributed by atoms with Gasteiger partial charge >= 0.3 is 0 Å². The summed E-state index contributed by atoms with van der Waals surface area (Å²) in [4.78, 5) is 0. The molecule has 0 aliphatic carbocycles. The summed E-state index contributed by atoms with van der Waals surface area (Å²) in [5.74, 6) is 0.609. The van der Waals surface area contributed by atoms with Crippen molar-refractivity contribution in [3.8, 4) is 5.75 Å². The first-order valence-corrected chi connectivity index (χ1v) is 6.55. The number of hydrogen-bond donors (Lipinski definition) is 2. The number of nitrogen functional groups attached to an aromatic ring is 1. The van der Waals surface area contributed by atoms with Crippen molar-refractivity contribution in [3.05, 3.63) is 36.1 Å². The maximum absolute atomic E-state index is 11.2. The fraction of sp³-hybridized carbons (Fsp3) is 0.200. The van der Waals surface area contributed by atoms with Crippen molar-refractivity contribution >= 4 is 15.7 Å². The van der Waals surface area contributed by atoms with Gasteiger partial charge in [0.05, 0.1) is 18.6 Å². The van der Waals surface area contributed by atoms with Crippen LogP contribution in [0.5, 0.6) is 5.75 Å². The summed E-state index contributed by atoms with van der Waals surface area (Å²) in [6, 6.07) is 4.68. The van der Waals surface area contributed by atoms with Gasteiger partial charge in [-0.05, 0) is 24.3 Å². The van der Waals surface area contributed by atoms with E-state index in [1.807, 2.05) is 0 Å². The van der Waals surface area contributed by atoms with E-state index >= 15 is 0 Å². The molecular formula is C10H12N2O3S. The van der Waals surface area contributed by atoms with E-state index in [2.05, 4.69) is 4.72 Å². The molecule has 1 atom stereocenters. The van der Waals surface area contributed by atoms with E-state index in [1.54, 1.807) is 24.3 Å². The number of rotatable bonds is 2. The van der Waals surface area contributed by atoms with Crippen molar-refractivity contribution < 1.29 is 13.2 Å². The molecule has 3 N–H and O–H groups in total. The molecule has 1 aromatic rings. The second-order valence-electron chi connectivity index (χ2n) is 3.61. The highest BCUT2D eigenvalue weighted by atomic mass is 32.2. The number of sulfonamides is 1. The minimum atomic E-state index is -3.28. The topological polar surface area (TPSA) is 81.4 Å². The lowest BCUT2D eigenvalue weighted by Crippen LogP contribution is -2.27. The van der Waals surface area contributed by atoms with E-state index in [1.165, 1.54) is 6.26 Å². The first-order valence-electron chi connectivity index (χ1n) is 4.66. The molecule has 6 heteroatoms. The van der Waals surface area contributed by atoms with E-state index in [4.69, 9.17) is 10.5 Å². The molecule has 0 aromatic heterocycles. The highest BCUT2D eigenvalue weighted by molar-refractivity contribution is 7.88. The number of benzene rings is 1. The molecule has 1 aliphatic rings. The van der Waals surface area contributed by atoms with E-state index in [9.17, 15) is 8.42 Å². The van der Waals surface area contributed by atoms with Gasteiger partial charge in [0, 0.05) is 11.3 Å². The fourth-order valence-corrected chi connectivity index (χ4v) is 2.21. The lowest BCUT2D eigenvalue weighted by molar-refractivity contribution is 0.449. The predicted molar refractivity (Wildman–Crippen MR) is 61.3 cm³/mol. The zero-order chi connectivity index (χ0) is 11.8. The van der Waals surface area contributed by atoms with Crippen LogP contribution in [0.2, 0.25) is 0 Å². The van der Waals surface area contributed by atoms with Gasteiger partial charge in [-0.1, -0.05) is 0 Å². The maximum atomic E-state index is 11.2. The van der Waals surface area contributed by atoms with Crippen LogP contribution in [-0.2, 0) is 10.0 Å². The molecule has 0 amide bonds. The smallest absolute Gasteiger partial charge is 0.209 e. The van der Waals surface area contributed by atoms with Crippen molar-refractivity contribution in [2.24, 2.45) is 0 Å². The normalized spacial score (nSPS) is 18.9. The Labute approximate surface area is 94.0 Å². The van der Waals surface area contributed by atoms with Crippen molar-refractivity contribution in [2.75, 3.05) is 12.0 Å². The molecule has 0 saturated heterocycles. The molecule has 1 aliphatic heterocycles. The average molecular weight is 240 g/mol. The van der Waals surface area contributed by atoms with Gasteiger partial charge in [0.15, 0.2) is 0 Å². The van der Waals surface area contributed by atoms with Crippen molar-refractivity contribution in [3.63, 3.8) is 0 Å². The third-order valence-electron chi connectivity index (χ3n) is 2.18. The molecule has 16 heavy (non-hydrogen) atoms. The molecule has 1 unspecified atom stereocenters. The predicted octanol–water partition coefficient (Wildman–Crippen LogP) is 0.765. The van der Waals surface area contributed by atoms with Gasteiger partial charge in [0.2, 0.25) is 10.0 Å². The van der Waals surface area contributed by atoms with Gasteiger partial charge in [0.25, 0.3) is 0 Å². The Morgan fingerprint density at radius 1 is 1.44 bits per heavy atom. The number of fused-ring (bicyclic) bond motifs is 1. The van der Waals surface area contributed by atoms with Crippen LogP contribution in [0, 0.1) is 0 Å². The van der Waals surface area contributed by atoms with Crippen LogP contribution in [-0.4, -0.2) is 14.7 Å². The Morgan fingerprint density at radius 2 is 2.19 bits per heavy atom. The van der Waals surface area contributed by atoms with Crippen LogP contribution >= 0.6 is 0 Å². The van der Waals surface area contributed by atoms with E-state index in [0.29, 0.717) is 17.0 Å². The molecule has 0 saturated carbocycles. The van der Waals surface area contributed by atoms with Gasteiger partial charge in [0.1, 0.15) is 5.75 Å². The summed E-state index contributed by atoms with van der Waals surface area (Å²) in [5, 5.41) is 0. The number of ether oxygens (including phenoxy) is 1. The van der Waals surface area contributed by atoms with Crippen LogP contribution in [0.25, 0.3) is 0 Å². The lowest BCUT2D eigenvalue weighted by Gasteiger charge is -2.21. The number of nitrogens with two attached hydrogens (primary N) is 1. The number of anilines is 1. The SMILES string of the molecule is CS(=O)(=O)NC1C=COc2ccc(N)cc21. The molecule has 0 spiro atoms. The first-order chi connectivity index (χ1) is 7.46. The van der Waals surface area contributed by atoms with Crippen LogP contribution < -0.4 is 15.2 Å². The van der Waals surface area contributed by atoms with Gasteiger partial charge in [-0.2, -0.15) is 0 Å². The summed E-state index contributed by atoms with van der Waals surface area (Å²) < 4.78 is 30.1. The zero-order valence-corrected chi connectivity index (χ0v) is 9.49. The van der Waals surface area contributed by atoms with Crippen LogP contribution in [0.15, 0.2) is 30.5 Å². The highest BCUT2D eigenvalue weighted by Gasteiger charge is 2.20. The molecule has 0 radical (unpaired) electrons. The average Bonchev–Trinajstić information content (AvgIpc) is 2.17. The zero-order valence-electron chi connectivity index (χ0n) is 8.67. The molecule has 0 bridgehead atoms. The van der Waals surface area contributed by atoms with E-state index in [-0.39, 0.29) is 0 Å². The fourth-order valence-electron chi connectivity index (χ4n) is 1.55. The lowest BCUT2D eigenvalue weighted by atomic mass is 10.0. The van der Waals surface area contributed by atoms with E-state index < -0.39 is 16.1 Å². The quantitative estimate of drug-likeness (QED) is 0.748. The van der Waals surface area contributed by atoms with Crippen molar-refractivity contribution in [2.45, 2.75) is 6.04 Å². The Kier molecular flexibility index (Phi) is 2.61.